The molecule has 2 N–H and O–H groups in total. The number of rotatable bonds is 5. The molecule has 0 aliphatic carbocycles. The van der Waals surface area contributed by atoms with E-state index in [4.69, 9.17) is 10.00 Å². The first-order chi connectivity index (χ1) is 9.78. The molecule has 1 amide bonds. The molecule has 0 radical (unpaired) electrons. The number of nitriles is 1. The summed E-state index contributed by atoms with van der Waals surface area (Å²) < 4.78 is 4.84. The van der Waals surface area contributed by atoms with E-state index in [0.29, 0.717) is 0 Å². The minimum absolute atomic E-state index is 0.0641. The van der Waals surface area contributed by atoms with Gasteiger partial charge in [-0.15, -0.1) is 0 Å². The molecule has 21 heavy (non-hydrogen) atoms. The molecule has 1 rings (SSSR count). The number of hydrogen-bond acceptors (Lipinski definition) is 5. The molecule has 0 spiro atoms. The normalized spacial score (nSPS) is 13.1. The smallest absolute Gasteiger partial charge is 0.338 e. The molecule has 1 aromatic rings. The van der Waals surface area contributed by atoms with Gasteiger partial charge < -0.3 is 15.2 Å². The molecule has 0 aliphatic heterocycles. The van der Waals surface area contributed by atoms with Gasteiger partial charge in [-0.05, 0) is 31.0 Å². The van der Waals surface area contributed by atoms with E-state index in [2.05, 4.69) is 5.32 Å². The maximum atomic E-state index is 11.7. The number of carbonyl (C=O) groups excluding carboxylic acids is 2. The third-order valence-corrected chi connectivity index (χ3v) is 3.20. The van der Waals surface area contributed by atoms with Crippen molar-refractivity contribution in [3.63, 3.8) is 0 Å². The predicted molar refractivity (Wildman–Crippen MR) is 75.4 cm³/mol. The molecule has 0 heterocycles. The van der Waals surface area contributed by atoms with Crippen molar-refractivity contribution >= 4 is 11.9 Å². The molecule has 0 aliphatic rings. The quantitative estimate of drug-likeness (QED) is 0.802. The van der Waals surface area contributed by atoms with Crippen molar-refractivity contribution in [2.45, 2.75) is 26.3 Å². The Bertz CT molecular complexity index is 577. The second-order valence-electron chi connectivity index (χ2n) is 5.14. The first kappa shape index (κ1) is 16.5. The second kappa shape index (κ2) is 6.75. The van der Waals surface area contributed by atoms with Crippen molar-refractivity contribution in [1.82, 2.24) is 5.32 Å². The molecule has 6 heteroatoms. The van der Waals surface area contributed by atoms with Crippen LogP contribution in [0.1, 0.15) is 31.1 Å². The van der Waals surface area contributed by atoms with Gasteiger partial charge in [-0.25, -0.2) is 4.79 Å². The average molecular weight is 290 g/mol. The van der Waals surface area contributed by atoms with Crippen molar-refractivity contribution in [1.29, 1.82) is 5.26 Å². The van der Waals surface area contributed by atoms with Gasteiger partial charge >= 0.3 is 5.97 Å². The molecule has 0 saturated heterocycles. The first-order valence-electron chi connectivity index (χ1n) is 6.47. The van der Waals surface area contributed by atoms with Gasteiger partial charge in [-0.2, -0.15) is 5.26 Å². The van der Waals surface area contributed by atoms with Gasteiger partial charge in [0.25, 0.3) is 5.91 Å². The zero-order chi connectivity index (χ0) is 16.0. The number of aromatic hydroxyl groups is 1. The van der Waals surface area contributed by atoms with Crippen LogP contribution in [0.15, 0.2) is 24.3 Å². The van der Waals surface area contributed by atoms with E-state index < -0.39 is 24.0 Å². The lowest BCUT2D eigenvalue weighted by Gasteiger charge is -2.27. The zero-order valence-electron chi connectivity index (χ0n) is 12.2. The zero-order valence-corrected chi connectivity index (χ0v) is 12.2. The highest BCUT2D eigenvalue weighted by molar-refractivity contribution is 5.91. The summed E-state index contributed by atoms with van der Waals surface area (Å²) in [7, 11) is 0. The van der Waals surface area contributed by atoms with E-state index in [1.54, 1.807) is 6.92 Å². The number of esters is 1. The lowest BCUT2D eigenvalue weighted by molar-refractivity contribution is -0.125. The van der Waals surface area contributed by atoms with E-state index in [0.717, 1.165) is 0 Å². The third kappa shape index (κ3) is 4.49. The Morgan fingerprint density at radius 3 is 2.67 bits per heavy atom. The highest BCUT2D eigenvalue weighted by Gasteiger charge is 2.30. The summed E-state index contributed by atoms with van der Waals surface area (Å²) in [5.41, 5.74) is -0.871. The van der Waals surface area contributed by atoms with Crippen LogP contribution >= 0.6 is 0 Å². The molecule has 0 bridgehead atoms. The van der Waals surface area contributed by atoms with Crippen LogP contribution in [-0.4, -0.2) is 29.1 Å². The molecular formula is C15H18N2O4. The molecule has 6 nitrogen and oxygen atoms in total. The standard InChI is InChI=1S/C15H18N2O4/c1-10(2)15(3,9-16)17-13(19)8-21-14(20)11-5-4-6-12(18)7-11/h4-7,10,18H,8H2,1-3H3,(H,17,19)/t15-/m1/s1. The number of nitrogens with one attached hydrogen (secondary N) is 1. The summed E-state index contributed by atoms with van der Waals surface area (Å²) >= 11 is 0. The summed E-state index contributed by atoms with van der Waals surface area (Å²) in [6, 6.07) is 7.66. The topological polar surface area (TPSA) is 99.4 Å². The van der Waals surface area contributed by atoms with Crippen molar-refractivity contribution in [2.75, 3.05) is 6.61 Å². The second-order valence-corrected chi connectivity index (χ2v) is 5.14. The van der Waals surface area contributed by atoms with Crippen LogP contribution in [0.4, 0.5) is 0 Å². The Labute approximate surface area is 123 Å². The van der Waals surface area contributed by atoms with Crippen LogP contribution in [0.3, 0.4) is 0 Å². The number of phenols is 1. The Balaban J connectivity index is 2.58. The minimum atomic E-state index is -1.02. The number of phenolic OH excluding ortho intramolecular Hbond substituents is 1. The Morgan fingerprint density at radius 1 is 1.48 bits per heavy atom. The fraction of sp³-hybridized carbons (Fsp3) is 0.400. The maximum absolute atomic E-state index is 11.7. The van der Waals surface area contributed by atoms with Crippen LogP contribution in [-0.2, 0) is 9.53 Å². The molecule has 0 unspecified atom stereocenters. The minimum Gasteiger partial charge on any atom is -0.508 e. The van der Waals surface area contributed by atoms with Gasteiger partial charge in [-0.3, -0.25) is 4.79 Å². The Hall–Kier alpha value is -2.55. The third-order valence-electron chi connectivity index (χ3n) is 3.20. The molecule has 112 valence electrons. The number of ether oxygens (including phenoxy) is 1. The van der Waals surface area contributed by atoms with Crippen molar-refractivity contribution in [3.8, 4) is 11.8 Å². The SMILES string of the molecule is CC(C)[C@@](C)(C#N)NC(=O)COC(=O)c1cccc(O)c1. The van der Waals surface area contributed by atoms with E-state index in [-0.39, 0.29) is 17.2 Å². The van der Waals surface area contributed by atoms with Gasteiger partial charge in [0.15, 0.2) is 6.61 Å². The number of hydrogen-bond donors (Lipinski definition) is 2. The molecule has 1 aromatic carbocycles. The lowest BCUT2D eigenvalue weighted by Crippen LogP contribution is -2.50. The lowest BCUT2D eigenvalue weighted by atomic mass is 9.90. The summed E-state index contributed by atoms with van der Waals surface area (Å²) in [6.07, 6.45) is 0. The first-order valence-corrected chi connectivity index (χ1v) is 6.47. The Morgan fingerprint density at radius 2 is 2.14 bits per heavy atom. The largest absolute Gasteiger partial charge is 0.508 e. The van der Waals surface area contributed by atoms with E-state index in [1.165, 1.54) is 24.3 Å². The van der Waals surface area contributed by atoms with Crippen molar-refractivity contribution < 1.29 is 19.4 Å². The molecular weight excluding hydrogens is 272 g/mol. The van der Waals surface area contributed by atoms with Gasteiger partial charge in [0.1, 0.15) is 11.3 Å². The maximum Gasteiger partial charge on any atom is 0.338 e. The van der Waals surface area contributed by atoms with Crippen LogP contribution in [0.2, 0.25) is 0 Å². The van der Waals surface area contributed by atoms with Crippen LogP contribution in [0, 0.1) is 17.2 Å². The number of nitrogens with zero attached hydrogens (tertiary/aromatic N) is 1. The molecule has 0 aromatic heterocycles. The molecule has 0 saturated carbocycles. The van der Waals surface area contributed by atoms with E-state index in [1.807, 2.05) is 19.9 Å². The molecule has 1 atom stereocenters. The predicted octanol–water partition coefficient (Wildman–Crippen LogP) is 1.60. The van der Waals surface area contributed by atoms with E-state index >= 15 is 0 Å². The van der Waals surface area contributed by atoms with Crippen molar-refractivity contribution in [3.05, 3.63) is 29.8 Å². The summed E-state index contributed by atoms with van der Waals surface area (Å²) in [6.45, 7) is 4.73. The van der Waals surface area contributed by atoms with Crippen molar-refractivity contribution in [2.24, 2.45) is 5.92 Å². The number of amides is 1. The fourth-order valence-electron chi connectivity index (χ4n) is 1.47. The van der Waals surface area contributed by atoms with Crippen LogP contribution in [0.5, 0.6) is 5.75 Å². The van der Waals surface area contributed by atoms with Gasteiger partial charge in [-0.1, -0.05) is 19.9 Å². The van der Waals surface area contributed by atoms with Gasteiger partial charge in [0.05, 0.1) is 11.6 Å². The van der Waals surface area contributed by atoms with Crippen LogP contribution in [0.25, 0.3) is 0 Å². The average Bonchev–Trinajstić information content (AvgIpc) is 2.44. The van der Waals surface area contributed by atoms with Gasteiger partial charge in [0.2, 0.25) is 0 Å². The highest BCUT2D eigenvalue weighted by Crippen LogP contribution is 2.15. The fourth-order valence-corrected chi connectivity index (χ4v) is 1.47. The van der Waals surface area contributed by atoms with Crippen LogP contribution < -0.4 is 5.32 Å². The Kier molecular flexibility index (Phi) is 5.30. The highest BCUT2D eigenvalue weighted by atomic mass is 16.5. The molecule has 0 fully saturated rings. The summed E-state index contributed by atoms with van der Waals surface area (Å²) in [5.74, 6) is -1.43. The summed E-state index contributed by atoms with van der Waals surface area (Å²) in [5, 5.41) is 20.9. The number of benzene rings is 1. The monoisotopic (exact) mass is 290 g/mol. The number of carbonyl (C=O) groups is 2. The van der Waals surface area contributed by atoms with E-state index in [9.17, 15) is 14.7 Å². The van der Waals surface area contributed by atoms with Gasteiger partial charge in [0, 0.05) is 0 Å². The summed E-state index contributed by atoms with van der Waals surface area (Å²) in [4.78, 5) is 23.4.